The van der Waals surface area contributed by atoms with Crippen molar-refractivity contribution < 1.29 is 14.3 Å². The van der Waals surface area contributed by atoms with E-state index in [4.69, 9.17) is 4.74 Å². The van der Waals surface area contributed by atoms with Crippen molar-refractivity contribution in [3.05, 3.63) is 41.0 Å². The van der Waals surface area contributed by atoms with Crippen molar-refractivity contribution in [3.8, 4) is 5.75 Å². The van der Waals surface area contributed by atoms with Crippen LogP contribution < -0.4 is 10.1 Å². The molecule has 0 atom stereocenters. The molecule has 1 N–H and O–H groups in total. The van der Waals surface area contributed by atoms with Crippen molar-refractivity contribution in [3.63, 3.8) is 0 Å². The number of fused-ring (bicyclic) bond motifs is 1. The molecule has 1 aromatic heterocycles. The van der Waals surface area contributed by atoms with Crippen molar-refractivity contribution in [1.82, 2.24) is 4.98 Å². The molecule has 0 radical (unpaired) electrons. The quantitative estimate of drug-likeness (QED) is 0.925. The number of nitrogens with zero attached hydrogens (tertiary/aromatic N) is 1. The summed E-state index contributed by atoms with van der Waals surface area (Å²) >= 11 is 1.35. The fourth-order valence-corrected chi connectivity index (χ4v) is 2.76. The maximum Gasteiger partial charge on any atom is 0.256 e. The highest BCUT2D eigenvalue weighted by Gasteiger charge is 2.32. The first kappa shape index (κ1) is 13.8. The fourth-order valence-electron chi connectivity index (χ4n) is 2.26. The molecule has 0 bridgehead atoms. The van der Waals surface area contributed by atoms with Crippen molar-refractivity contribution >= 4 is 28.0 Å². The highest BCUT2D eigenvalue weighted by atomic mass is 32.1. The highest BCUT2D eigenvalue weighted by Crippen LogP contribution is 2.33. The second kappa shape index (κ2) is 4.96. The smallest absolute Gasteiger partial charge is 0.256 e. The summed E-state index contributed by atoms with van der Waals surface area (Å²) in [6, 6.07) is 4.90. The van der Waals surface area contributed by atoms with E-state index in [-0.39, 0.29) is 11.7 Å². The number of Topliss-reactive ketones (excluding diaryl/α,β-unsaturated/α-hetero) is 1. The third-order valence-corrected chi connectivity index (χ3v) is 3.87. The summed E-state index contributed by atoms with van der Waals surface area (Å²) in [5.74, 6) is 0.255. The Labute approximate surface area is 126 Å². The third kappa shape index (κ3) is 2.80. The van der Waals surface area contributed by atoms with Crippen LogP contribution in [0.4, 0.5) is 5.00 Å². The molecule has 1 aromatic carbocycles. The number of ketones is 1. The van der Waals surface area contributed by atoms with Gasteiger partial charge in [0.2, 0.25) is 0 Å². The molecular formula is C15H14N2O3S. The minimum atomic E-state index is -0.545. The Hall–Kier alpha value is -2.21. The zero-order chi connectivity index (χ0) is 15.0. The van der Waals surface area contributed by atoms with E-state index >= 15 is 0 Å². The van der Waals surface area contributed by atoms with E-state index in [0.29, 0.717) is 28.3 Å². The van der Waals surface area contributed by atoms with Gasteiger partial charge in [-0.2, -0.15) is 0 Å². The summed E-state index contributed by atoms with van der Waals surface area (Å²) in [5, 5.41) is 3.43. The van der Waals surface area contributed by atoms with Crippen molar-refractivity contribution in [2.24, 2.45) is 0 Å². The zero-order valence-electron chi connectivity index (χ0n) is 11.7. The number of carbonyl (C=O) groups excluding carboxylic acids is 2. The summed E-state index contributed by atoms with van der Waals surface area (Å²) in [4.78, 5) is 28.1. The van der Waals surface area contributed by atoms with Gasteiger partial charge in [0.25, 0.3) is 5.91 Å². The number of thiazole rings is 1. The van der Waals surface area contributed by atoms with E-state index in [1.165, 1.54) is 11.3 Å². The fraction of sp³-hybridized carbons (Fsp3) is 0.267. The molecule has 0 aliphatic carbocycles. The SMILES string of the molecule is CC1(C)CC(=O)c2ccc(C(=O)Nc3cncs3)cc2O1. The molecule has 21 heavy (non-hydrogen) atoms. The number of anilines is 1. The van der Waals surface area contributed by atoms with Gasteiger partial charge in [0.15, 0.2) is 5.78 Å². The van der Waals surface area contributed by atoms with Gasteiger partial charge in [-0.1, -0.05) is 0 Å². The molecule has 0 spiro atoms. The van der Waals surface area contributed by atoms with Gasteiger partial charge < -0.3 is 10.1 Å². The lowest BCUT2D eigenvalue weighted by atomic mass is 9.92. The lowest BCUT2D eigenvalue weighted by molar-refractivity contribution is 0.0618. The van der Waals surface area contributed by atoms with Gasteiger partial charge in [0, 0.05) is 5.56 Å². The molecule has 0 saturated carbocycles. The number of rotatable bonds is 2. The lowest BCUT2D eigenvalue weighted by Crippen LogP contribution is -2.36. The van der Waals surface area contributed by atoms with Crippen LogP contribution >= 0.6 is 11.3 Å². The predicted molar refractivity (Wildman–Crippen MR) is 80.2 cm³/mol. The van der Waals surface area contributed by atoms with Crippen molar-refractivity contribution in [2.45, 2.75) is 25.9 Å². The van der Waals surface area contributed by atoms with Crippen LogP contribution in [0.15, 0.2) is 29.9 Å². The Bertz CT molecular complexity index is 708. The number of aromatic nitrogens is 1. The molecule has 2 aromatic rings. The second-order valence-electron chi connectivity index (χ2n) is 5.49. The van der Waals surface area contributed by atoms with Crippen molar-refractivity contribution in [1.29, 1.82) is 0 Å². The zero-order valence-corrected chi connectivity index (χ0v) is 12.5. The number of benzene rings is 1. The first-order chi connectivity index (χ1) is 9.94. The van der Waals surface area contributed by atoms with E-state index in [9.17, 15) is 9.59 Å². The number of hydrogen-bond donors (Lipinski definition) is 1. The predicted octanol–water partition coefficient (Wildman–Crippen LogP) is 3.14. The van der Waals surface area contributed by atoms with Gasteiger partial charge in [0.1, 0.15) is 16.4 Å². The van der Waals surface area contributed by atoms with Crippen LogP contribution in [-0.2, 0) is 0 Å². The number of hydrogen-bond acceptors (Lipinski definition) is 5. The molecule has 108 valence electrons. The molecular weight excluding hydrogens is 288 g/mol. The van der Waals surface area contributed by atoms with Crippen LogP contribution in [0, 0.1) is 0 Å². The van der Waals surface area contributed by atoms with Crippen molar-refractivity contribution in [2.75, 3.05) is 5.32 Å². The van der Waals surface area contributed by atoms with Crippen LogP contribution in [0.3, 0.4) is 0 Å². The Balaban J connectivity index is 1.89. The normalized spacial score (nSPS) is 16.0. The molecule has 5 nitrogen and oxygen atoms in total. The van der Waals surface area contributed by atoms with E-state index < -0.39 is 5.60 Å². The minimum Gasteiger partial charge on any atom is -0.487 e. The van der Waals surface area contributed by atoms with Crippen LogP contribution in [-0.4, -0.2) is 22.3 Å². The van der Waals surface area contributed by atoms with E-state index in [1.54, 1.807) is 29.9 Å². The van der Waals surface area contributed by atoms with Crippen LogP contribution in [0.1, 0.15) is 41.0 Å². The number of nitrogens with one attached hydrogen (secondary N) is 1. The van der Waals surface area contributed by atoms with Gasteiger partial charge >= 0.3 is 0 Å². The van der Waals surface area contributed by atoms with Crippen LogP contribution in [0.25, 0.3) is 0 Å². The Kier molecular flexibility index (Phi) is 3.25. The molecule has 0 fully saturated rings. The van der Waals surface area contributed by atoms with E-state index in [2.05, 4.69) is 10.3 Å². The summed E-state index contributed by atoms with van der Waals surface area (Å²) in [7, 11) is 0. The summed E-state index contributed by atoms with van der Waals surface area (Å²) in [5.41, 5.74) is 2.08. The largest absolute Gasteiger partial charge is 0.487 e. The molecule has 3 rings (SSSR count). The highest BCUT2D eigenvalue weighted by molar-refractivity contribution is 7.14. The monoisotopic (exact) mass is 302 g/mol. The summed E-state index contributed by atoms with van der Waals surface area (Å²) in [6.07, 6.45) is 1.93. The molecule has 0 saturated heterocycles. The molecule has 1 aliphatic rings. The Morgan fingerprint density at radius 1 is 1.43 bits per heavy atom. The minimum absolute atomic E-state index is 0.0377. The summed E-state index contributed by atoms with van der Waals surface area (Å²) < 4.78 is 5.81. The average molecular weight is 302 g/mol. The number of ether oxygens (including phenoxy) is 1. The summed E-state index contributed by atoms with van der Waals surface area (Å²) in [6.45, 7) is 3.72. The average Bonchev–Trinajstić information content (AvgIpc) is 2.89. The molecule has 2 heterocycles. The topological polar surface area (TPSA) is 68.3 Å². The molecule has 6 heteroatoms. The Morgan fingerprint density at radius 3 is 2.95 bits per heavy atom. The van der Waals surface area contributed by atoms with Gasteiger partial charge in [-0.25, -0.2) is 0 Å². The Morgan fingerprint density at radius 2 is 2.24 bits per heavy atom. The van der Waals surface area contributed by atoms with Gasteiger partial charge in [-0.05, 0) is 32.0 Å². The first-order valence-corrected chi connectivity index (χ1v) is 7.39. The van der Waals surface area contributed by atoms with Crippen LogP contribution in [0.2, 0.25) is 0 Å². The first-order valence-electron chi connectivity index (χ1n) is 6.51. The molecule has 0 unspecified atom stereocenters. The van der Waals surface area contributed by atoms with Gasteiger partial charge in [-0.3, -0.25) is 14.6 Å². The number of carbonyl (C=O) groups is 2. The van der Waals surface area contributed by atoms with E-state index in [0.717, 1.165) is 0 Å². The number of amides is 1. The van der Waals surface area contributed by atoms with Crippen LogP contribution in [0.5, 0.6) is 5.75 Å². The molecule has 1 aliphatic heterocycles. The maximum atomic E-state index is 12.2. The van der Waals surface area contributed by atoms with Gasteiger partial charge in [0.05, 0.1) is 23.7 Å². The molecule has 1 amide bonds. The van der Waals surface area contributed by atoms with Gasteiger partial charge in [-0.15, -0.1) is 11.3 Å². The standard InChI is InChI=1S/C15H14N2O3S/c1-15(2)6-11(18)10-4-3-9(5-12(10)20-15)14(19)17-13-7-16-8-21-13/h3-5,7-8H,6H2,1-2H3,(H,17,19). The lowest BCUT2D eigenvalue weighted by Gasteiger charge is -2.31. The maximum absolute atomic E-state index is 12.2. The van der Waals surface area contributed by atoms with E-state index in [1.807, 2.05) is 13.8 Å². The second-order valence-corrected chi connectivity index (χ2v) is 6.38. The third-order valence-electron chi connectivity index (χ3n) is 3.19.